The quantitative estimate of drug-likeness (QED) is 0.404. The Morgan fingerprint density at radius 2 is 1.75 bits per heavy atom. The van der Waals surface area contributed by atoms with Crippen LogP contribution in [-0.4, -0.2) is 58.9 Å². The van der Waals surface area contributed by atoms with Crippen LogP contribution < -0.4 is 9.47 Å². The summed E-state index contributed by atoms with van der Waals surface area (Å²) in [6, 6.07) is 13.2. The molecule has 3 rings (SSSR count). The minimum Gasteiger partial charge on any atom is -0.493 e. The SMILES string of the molecule is COCCCN1C(=O)/C(=C/c2ccc(OC)c(OC)c2)S/C1=N/S(=O)(=O)c1ccccc1. The average molecular weight is 477 g/mol. The first kappa shape index (κ1) is 23.8. The van der Waals surface area contributed by atoms with Gasteiger partial charge in [-0.05, 0) is 54.1 Å². The summed E-state index contributed by atoms with van der Waals surface area (Å²) >= 11 is 1.02. The number of methoxy groups -OCH3 is 3. The van der Waals surface area contributed by atoms with Crippen LogP contribution in [0.4, 0.5) is 0 Å². The van der Waals surface area contributed by atoms with Crippen molar-refractivity contribution in [1.29, 1.82) is 0 Å². The first-order chi connectivity index (χ1) is 15.4. The van der Waals surface area contributed by atoms with Crippen molar-refractivity contribution < 1.29 is 27.4 Å². The molecule has 2 aromatic carbocycles. The zero-order chi connectivity index (χ0) is 23.1. The Balaban J connectivity index is 1.97. The Morgan fingerprint density at radius 3 is 2.41 bits per heavy atom. The number of nitrogens with zero attached hydrogens (tertiary/aromatic N) is 2. The molecule has 1 amide bonds. The number of carbonyl (C=O) groups is 1. The van der Waals surface area contributed by atoms with E-state index in [-0.39, 0.29) is 22.5 Å². The molecule has 0 unspecified atom stereocenters. The molecule has 1 aliphatic heterocycles. The first-order valence-corrected chi connectivity index (χ1v) is 12.0. The van der Waals surface area contributed by atoms with Gasteiger partial charge in [0.1, 0.15) is 0 Å². The Bertz CT molecular complexity index is 1130. The predicted octanol–water partition coefficient (Wildman–Crippen LogP) is 3.40. The van der Waals surface area contributed by atoms with Gasteiger partial charge in [-0.1, -0.05) is 24.3 Å². The third kappa shape index (κ3) is 5.50. The minimum atomic E-state index is -3.97. The van der Waals surface area contributed by atoms with Crippen molar-refractivity contribution in [2.24, 2.45) is 4.40 Å². The van der Waals surface area contributed by atoms with Gasteiger partial charge in [0.15, 0.2) is 16.7 Å². The van der Waals surface area contributed by atoms with Crippen molar-refractivity contribution in [3.8, 4) is 11.5 Å². The number of amides is 1. The van der Waals surface area contributed by atoms with E-state index in [0.29, 0.717) is 35.0 Å². The van der Waals surface area contributed by atoms with Gasteiger partial charge < -0.3 is 14.2 Å². The number of sulfonamides is 1. The van der Waals surface area contributed by atoms with Gasteiger partial charge in [0, 0.05) is 20.3 Å². The Labute approximate surface area is 191 Å². The van der Waals surface area contributed by atoms with Crippen molar-refractivity contribution in [3.63, 3.8) is 0 Å². The van der Waals surface area contributed by atoms with E-state index in [9.17, 15) is 13.2 Å². The second kappa shape index (κ2) is 10.7. The second-order valence-electron chi connectivity index (χ2n) is 6.69. The highest BCUT2D eigenvalue weighted by molar-refractivity contribution is 8.19. The van der Waals surface area contributed by atoms with Gasteiger partial charge in [-0.2, -0.15) is 8.42 Å². The molecule has 0 bridgehead atoms. The van der Waals surface area contributed by atoms with E-state index in [1.807, 2.05) is 0 Å². The molecule has 1 fully saturated rings. The number of rotatable bonds is 9. The van der Waals surface area contributed by atoms with Crippen molar-refractivity contribution in [3.05, 3.63) is 59.0 Å². The molecule has 1 aliphatic rings. The van der Waals surface area contributed by atoms with E-state index in [2.05, 4.69) is 4.40 Å². The summed E-state index contributed by atoms with van der Waals surface area (Å²) in [7, 11) is 0.669. The van der Waals surface area contributed by atoms with E-state index in [1.54, 1.807) is 56.7 Å². The lowest BCUT2D eigenvalue weighted by Gasteiger charge is -2.15. The van der Waals surface area contributed by atoms with Gasteiger partial charge in [-0.3, -0.25) is 9.69 Å². The third-order valence-electron chi connectivity index (χ3n) is 4.56. The fourth-order valence-corrected chi connectivity index (χ4v) is 5.21. The van der Waals surface area contributed by atoms with Crippen LogP contribution in [0.1, 0.15) is 12.0 Å². The highest BCUT2D eigenvalue weighted by Crippen LogP contribution is 2.35. The molecule has 0 aliphatic carbocycles. The molecule has 0 radical (unpaired) electrons. The number of hydrogen-bond donors (Lipinski definition) is 0. The van der Waals surface area contributed by atoms with E-state index >= 15 is 0 Å². The molecule has 8 nitrogen and oxygen atoms in total. The number of hydrogen-bond acceptors (Lipinski definition) is 7. The van der Waals surface area contributed by atoms with E-state index < -0.39 is 10.0 Å². The molecule has 1 saturated heterocycles. The number of ether oxygens (including phenoxy) is 3. The Kier molecular flexibility index (Phi) is 7.94. The lowest BCUT2D eigenvalue weighted by Crippen LogP contribution is -2.31. The maximum Gasteiger partial charge on any atom is 0.284 e. The third-order valence-corrected chi connectivity index (χ3v) is 6.97. The van der Waals surface area contributed by atoms with Crippen LogP contribution in [0.25, 0.3) is 6.08 Å². The van der Waals surface area contributed by atoms with E-state index in [1.165, 1.54) is 24.1 Å². The summed E-state index contributed by atoms with van der Waals surface area (Å²) in [5.74, 6) is 0.773. The van der Waals surface area contributed by atoms with Crippen LogP contribution in [-0.2, 0) is 19.6 Å². The number of carbonyl (C=O) groups excluding carboxylic acids is 1. The molecule has 0 aromatic heterocycles. The van der Waals surface area contributed by atoms with Gasteiger partial charge in [0.25, 0.3) is 15.9 Å². The fourth-order valence-electron chi connectivity index (χ4n) is 2.98. The summed E-state index contributed by atoms with van der Waals surface area (Å²) in [5.41, 5.74) is 0.711. The summed E-state index contributed by atoms with van der Waals surface area (Å²) in [5, 5.41) is 0.113. The number of thioether (sulfide) groups is 1. The van der Waals surface area contributed by atoms with Crippen LogP contribution in [0.2, 0.25) is 0 Å². The molecular formula is C22H24N2O6S2. The van der Waals surface area contributed by atoms with Gasteiger partial charge >= 0.3 is 0 Å². The van der Waals surface area contributed by atoms with Gasteiger partial charge in [-0.15, -0.1) is 4.40 Å². The largest absolute Gasteiger partial charge is 0.493 e. The molecule has 0 saturated carbocycles. The average Bonchev–Trinajstić information content (AvgIpc) is 3.08. The molecule has 0 spiro atoms. The standard InChI is InChI=1S/C22H24N2O6S2/c1-28-13-7-12-24-21(25)20(15-16-10-11-18(29-2)19(14-16)30-3)31-22(24)23-32(26,27)17-8-5-4-6-9-17/h4-6,8-11,14-15H,7,12-13H2,1-3H3/b20-15-,23-22+. The van der Waals surface area contributed by atoms with Gasteiger partial charge in [0.05, 0.1) is 24.0 Å². The van der Waals surface area contributed by atoms with Crippen molar-refractivity contribution in [2.75, 3.05) is 34.5 Å². The summed E-state index contributed by atoms with van der Waals surface area (Å²) in [6.45, 7) is 0.716. The molecule has 2 aromatic rings. The maximum atomic E-state index is 13.1. The first-order valence-electron chi connectivity index (χ1n) is 9.72. The van der Waals surface area contributed by atoms with E-state index in [0.717, 1.165) is 11.8 Å². The highest BCUT2D eigenvalue weighted by atomic mass is 32.2. The second-order valence-corrected chi connectivity index (χ2v) is 9.30. The molecule has 0 atom stereocenters. The van der Waals surface area contributed by atoms with Gasteiger partial charge in [-0.25, -0.2) is 0 Å². The van der Waals surface area contributed by atoms with Crippen LogP contribution in [0.5, 0.6) is 11.5 Å². The Morgan fingerprint density at radius 1 is 1.03 bits per heavy atom. The lowest BCUT2D eigenvalue weighted by atomic mass is 10.2. The fraction of sp³-hybridized carbons (Fsp3) is 0.273. The smallest absolute Gasteiger partial charge is 0.284 e. The zero-order valence-corrected chi connectivity index (χ0v) is 19.6. The van der Waals surface area contributed by atoms with Crippen LogP contribution in [0.3, 0.4) is 0 Å². The summed E-state index contributed by atoms with van der Waals surface area (Å²) in [4.78, 5) is 14.9. The van der Waals surface area contributed by atoms with Crippen LogP contribution in [0.15, 0.2) is 62.7 Å². The van der Waals surface area contributed by atoms with E-state index in [4.69, 9.17) is 14.2 Å². The molecular weight excluding hydrogens is 452 g/mol. The minimum absolute atomic E-state index is 0.0645. The maximum absolute atomic E-state index is 13.1. The molecule has 1 heterocycles. The van der Waals surface area contributed by atoms with Gasteiger partial charge in [0.2, 0.25) is 0 Å². The summed E-state index contributed by atoms with van der Waals surface area (Å²) < 4.78 is 45.2. The normalized spacial score (nSPS) is 16.7. The topological polar surface area (TPSA) is 94.5 Å². The van der Waals surface area contributed by atoms with Crippen molar-refractivity contribution in [1.82, 2.24) is 4.90 Å². The van der Waals surface area contributed by atoms with Crippen molar-refractivity contribution >= 4 is 38.9 Å². The monoisotopic (exact) mass is 476 g/mol. The van der Waals surface area contributed by atoms with Crippen LogP contribution >= 0.6 is 11.8 Å². The number of benzene rings is 2. The molecule has 10 heteroatoms. The summed E-state index contributed by atoms with van der Waals surface area (Å²) in [6.07, 6.45) is 2.22. The molecule has 32 heavy (non-hydrogen) atoms. The number of amidine groups is 1. The predicted molar refractivity (Wildman–Crippen MR) is 124 cm³/mol. The highest BCUT2D eigenvalue weighted by Gasteiger charge is 2.34. The Hall–Kier alpha value is -2.82. The molecule has 0 N–H and O–H groups in total. The lowest BCUT2D eigenvalue weighted by molar-refractivity contribution is -0.122. The molecule has 170 valence electrons. The van der Waals surface area contributed by atoms with Crippen molar-refractivity contribution in [2.45, 2.75) is 11.3 Å². The van der Waals surface area contributed by atoms with Crippen LogP contribution in [0, 0.1) is 0 Å². The zero-order valence-electron chi connectivity index (χ0n) is 18.0.